The van der Waals surface area contributed by atoms with Crippen LogP contribution in [0.1, 0.15) is 30.0 Å². The third kappa shape index (κ3) is 4.66. The summed E-state index contributed by atoms with van der Waals surface area (Å²) in [5.74, 6) is 1.85. The molecule has 4 aromatic rings. The minimum Gasteiger partial charge on any atom is -0.388 e. The third-order valence-corrected chi connectivity index (χ3v) is 7.29. The monoisotopic (exact) mass is 484 g/mol. The van der Waals surface area contributed by atoms with Crippen molar-refractivity contribution in [3.8, 4) is 11.4 Å². The van der Waals surface area contributed by atoms with E-state index in [1.807, 2.05) is 19.2 Å². The zero-order valence-corrected chi connectivity index (χ0v) is 20.7. The molecule has 8 heteroatoms. The number of ether oxygens (including phenoxy) is 1. The zero-order valence-electron chi connectivity index (χ0n) is 20.7. The van der Waals surface area contributed by atoms with Crippen LogP contribution in [0.5, 0.6) is 0 Å². The maximum absolute atomic E-state index is 5.96. The molecule has 0 bridgehead atoms. The van der Waals surface area contributed by atoms with Crippen LogP contribution in [0.3, 0.4) is 0 Å². The van der Waals surface area contributed by atoms with Crippen LogP contribution in [0.4, 0.5) is 11.5 Å². The van der Waals surface area contributed by atoms with Gasteiger partial charge in [0, 0.05) is 43.9 Å². The highest BCUT2D eigenvalue weighted by Gasteiger charge is 2.29. The summed E-state index contributed by atoms with van der Waals surface area (Å²) < 4.78 is 11.5. The van der Waals surface area contributed by atoms with Crippen LogP contribution in [0, 0.1) is 0 Å². The maximum atomic E-state index is 5.96. The molecule has 2 aliphatic heterocycles. The Labute approximate surface area is 211 Å². The summed E-state index contributed by atoms with van der Waals surface area (Å²) in [6.07, 6.45) is 2.08. The lowest BCUT2D eigenvalue weighted by Crippen LogP contribution is -2.37. The second-order valence-electron chi connectivity index (χ2n) is 9.58. The van der Waals surface area contributed by atoms with Gasteiger partial charge in [-0.25, -0.2) is 9.97 Å². The van der Waals surface area contributed by atoms with Gasteiger partial charge >= 0.3 is 0 Å². The van der Waals surface area contributed by atoms with E-state index in [1.54, 1.807) is 0 Å². The van der Waals surface area contributed by atoms with Gasteiger partial charge in [0.1, 0.15) is 11.2 Å². The molecule has 2 aliphatic rings. The van der Waals surface area contributed by atoms with E-state index in [9.17, 15) is 0 Å². The van der Waals surface area contributed by atoms with Gasteiger partial charge in [0.05, 0.1) is 13.2 Å². The predicted octanol–water partition coefficient (Wildman–Crippen LogP) is 4.54. The topological polar surface area (TPSA) is 79.5 Å². The first-order chi connectivity index (χ1) is 17.8. The average Bonchev–Trinajstić information content (AvgIpc) is 3.38. The summed E-state index contributed by atoms with van der Waals surface area (Å²) in [6, 6.07) is 18.9. The van der Waals surface area contributed by atoms with Crippen LogP contribution in [0.2, 0.25) is 0 Å². The van der Waals surface area contributed by atoms with Crippen molar-refractivity contribution in [1.82, 2.24) is 20.0 Å². The van der Waals surface area contributed by atoms with Gasteiger partial charge in [-0.2, -0.15) is 0 Å². The van der Waals surface area contributed by atoms with Crippen molar-refractivity contribution in [3.63, 3.8) is 0 Å². The smallest absolute Gasteiger partial charge is 0.227 e. The number of likely N-dealkylation sites (tertiary alicyclic amines) is 1. The van der Waals surface area contributed by atoms with E-state index in [-0.39, 0.29) is 0 Å². The standard InChI is InChI=1S/C28H32N6O2/c1-29-23-9-7-22(8-10-23)27-30-25-24(32-36-26(25)28(31-27)34-15-17-35-18-16-34)21-11-13-33(14-12-21)19-20-5-3-2-4-6-20/h2-10,21,29H,11-19H2,1H3. The van der Waals surface area contributed by atoms with Gasteiger partial charge in [-0.1, -0.05) is 35.5 Å². The largest absolute Gasteiger partial charge is 0.388 e. The Balaban J connectivity index is 1.31. The van der Waals surface area contributed by atoms with Gasteiger partial charge in [0.2, 0.25) is 5.58 Å². The van der Waals surface area contributed by atoms with Crippen LogP contribution < -0.4 is 10.2 Å². The minimum absolute atomic E-state index is 0.324. The van der Waals surface area contributed by atoms with Crippen molar-refractivity contribution < 1.29 is 9.26 Å². The molecule has 8 nitrogen and oxygen atoms in total. The number of hydrogen-bond donors (Lipinski definition) is 1. The van der Waals surface area contributed by atoms with Gasteiger partial charge in [-0.05, 0) is 55.8 Å². The Hall–Kier alpha value is -3.49. The normalized spacial score (nSPS) is 17.5. The molecule has 0 spiro atoms. The Morgan fingerprint density at radius 1 is 0.917 bits per heavy atom. The summed E-state index contributed by atoms with van der Waals surface area (Å²) in [4.78, 5) is 14.7. The molecule has 1 N–H and O–H groups in total. The van der Waals surface area contributed by atoms with Crippen LogP contribution in [0.25, 0.3) is 22.5 Å². The van der Waals surface area contributed by atoms with Crippen molar-refractivity contribution in [2.45, 2.75) is 25.3 Å². The van der Waals surface area contributed by atoms with Gasteiger partial charge in [0.25, 0.3) is 0 Å². The number of nitrogens with zero attached hydrogens (tertiary/aromatic N) is 5. The van der Waals surface area contributed by atoms with Crippen molar-refractivity contribution in [3.05, 3.63) is 65.9 Å². The molecule has 0 unspecified atom stereocenters. The second kappa shape index (κ2) is 10.2. The molecule has 2 aromatic carbocycles. The second-order valence-corrected chi connectivity index (χ2v) is 9.58. The summed E-state index contributed by atoms with van der Waals surface area (Å²) >= 11 is 0. The van der Waals surface area contributed by atoms with Crippen molar-refractivity contribution in [1.29, 1.82) is 0 Å². The minimum atomic E-state index is 0.324. The molecule has 36 heavy (non-hydrogen) atoms. The number of anilines is 2. The van der Waals surface area contributed by atoms with E-state index in [1.165, 1.54) is 5.56 Å². The highest BCUT2D eigenvalue weighted by atomic mass is 16.5. The molecule has 186 valence electrons. The lowest BCUT2D eigenvalue weighted by atomic mass is 9.92. The highest BCUT2D eigenvalue weighted by Crippen LogP contribution is 2.36. The highest BCUT2D eigenvalue weighted by molar-refractivity contribution is 5.88. The fourth-order valence-corrected chi connectivity index (χ4v) is 5.21. The molecule has 2 aromatic heterocycles. The van der Waals surface area contributed by atoms with E-state index in [0.717, 1.165) is 73.8 Å². The molecular weight excluding hydrogens is 452 g/mol. The van der Waals surface area contributed by atoms with Crippen LogP contribution in [0.15, 0.2) is 59.1 Å². The number of morpholine rings is 1. The fraction of sp³-hybridized carbons (Fsp3) is 0.393. The first-order valence-electron chi connectivity index (χ1n) is 12.8. The number of fused-ring (bicyclic) bond motifs is 1. The molecule has 0 amide bonds. The fourth-order valence-electron chi connectivity index (χ4n) is 5.21. The number of nitrogens with one attached hydrogen (secondary N) is 1. The summed E-state index contributed by atoms with van der Waals surface area (Å²) in [5.41, 5.74) is 5.90. The van der Waals surface area contributed by atoms with Crippen molar-refractivity contribution in [2.24, 2.45) is 0 Å². The van der Waals surface area contributed by atoms with E-state index in [0.29, 0.717) is 30.5 Å². The molecule has 2 fully saturated rings. The molecule has 0 aliphatic carbocycles. The number of aromatic nitrogens is 3. The van der Waals surface area contributed by atoms with E-state index in [2.05, 4.69) is 62.7 Å². The molecular formula is C28H32N6O2. The van der Waals surface area contributed by atoms with E-state index in [4.69, 9.17) is 19.2 Å². The van der Waals surface area contributed by atoms with Crippen LogP contribution in [-0.4, -0.2) is 66.5 Å². The quantitative estimate of drug-likeness (QED) is 0.427. The SMILES string of the molecule is CNc1ccc(-c2nc(N3CCOCC3)c3onc(C4CCN(Cc5ccccc5)CC4)c3n2)cc1. The first-order valence-corrected chi connectivity index (χ1v) is 12.8. The van der Waals surface area contributed by atoms with Crippen LogP contribution >= 0.6 is 0 Å². The third-order valence-electron chi connectivity index (χ3n) is 7.29. The lowest BCUT2D eigenvalue weighted by molar-refractivity contribution is 0.122. The summed E-state index contributed by atoms with van der Waals surface area (Å²) in [5, 5.41) is 7.75. The number of piperidine rings is 1. The molecule has 4 heterocycles. The van der Waals surface area contributed by atoms with Gasteiger partial charge in [-0.15, -0.1) is 0 Å². The molecule has 0 radical (unpaired) electrons. The Morgan fingerprint density at radius 3 is 2.39 bits per heavy atom. The van der Waals surface area contributed by atoms with Crippen molar-refractivity contribution >= 4 is 22.6 Å². The maximum Gasteiger partial charge on any atom is 0.227 e. The summed E-state index contributed by atoms with van der Waals surface area (Å²) in [6.45, 7) is 5.97. The Kier molecular flexibility index (Phi) is 6.53. The first kappa shape index (κ1) is 22.9. The van der Waals surface area contributed by atoms with Gasteiger partial charge in [-0.3, -0.25) is 4.90 Å². The van der Waals surface area contributed by atoms with E-state index >= 15 is 0 Å². The average molecular weight is 485 g/mol. The van der Waals surface area contributed by atoms with Gasteiger partial charge < -0.3 is 19.5 Å². The number of rotatable bonds is 6. The van der Waals surface area contributed by atoms with Crippen molar-refractivity contribution in [2.75, 3.05) is 56.7 Å². The molecule has 0 saturated carbocycles. The molecule has 0 atom stereocenters. The molecule has 6 rings (SSSR count). The van der Waals surface area contributed by atoms with Crippen LogP contribution in [-0.2, 0) is 11.3 Å². The number of benzene rings is 2. The predicted molar refractivity (Wildman–Crippen MR) is 141 cm³/mol. The molecule has 2 saturated heterocycles. The Morgan fingerprint density at radius 2 is 1.67 bits per heavy atom. The lowest BCUT2D eigenvalue weighted by Gasteiger charge is -2.31. The van der Waals surface area contributed by atoms with Gasteiger partial charge in [0.15, 0.2) is 11.6 Å². The Bertz CT molecular complexity index is 1290. The zero-order chi connectivity index (χ0) is 24.3. The van der Waals surface area contributed by atoms with E-state index < -0.39 is 0 Å². The number of hydrogen-bond acceptors (Lipinski definition) is 8. The summed E-state index contributed by atoms with van der Waals surface area (Å²) in [7, 11) is 1.92.